The van der Waals surface area contributed by atoms with E-state index >= 15 is 0 Å². The van der Waals surface area contributed by atoms with Gasteiger partial charge in [0.15, 0.2) is 11.0 Å². The van der Waals surface area contributed by atoms with E-state index in [1.807, 2.05) is 0 Å². The van der Waals surface area contributed by atoms with Crippen molar-refractivity contribution in [3.63, 3.8) is 0 Å². The van der Waals surface area contributed by atoms with Crippen LogP contribution in [0, 0.1) is 5.82 Å². The van der Waals surface area contributed by atoms with E-state index in [0.717, 1.165) is 23.9 Å². The second-order valence-corrected chi connectivity index (χ2v) is 7.91. The predicted octanol–water partition coefficient (Wildman–Crippen LogP) is 7.04. The van der Waals surface area contributed by atoms with E-state index < -0.39 is 17.6 Å². The Morgan fingerprint density at radius 2 is 1.65 bits per heavy atom. The highest BCUT2D eigenvalue weighted by atomic mass is 35.5. The topological polar surface area (TPSA) is 30.7 Å². The molecule has 0 fully saturated rings. The van der Waals surface area contributed by atoms with Gasteiger partial charge in [-0.2, -0.15) is 13.2 Å². The highest BCUT2D eigenvalue weighted by Crippen LogP contribution is 2.35. The van der Waals surface area contributed by atoms with Crippen LogP contribution in [0.1, 0.15) is 11.1 Å². The van der Waals surface area contributed by atoms with Gasteiger partial charge in [0.05, 0.1) is 16.3 Å². The minimum atomic E-state index is -4.43. The molecule has 0 amide bonds. The lowest BCUT2D eigenvalue weighted by atomic mass is 10.1. The molecule has 0 aliphatic carbocycles. The third-order valence-corrected chi connectivity index (χ3v) is 5.79. The molecule has 0 unspecified atom stereocenters. The van der Waals surface area contributed by atoms with Gasteiger partial charge in [0.1, 0.15) is 5.82 Å². The first-order valence-electron chi connectivity index (χ1n) is 9.09. The van der Waals surface area contributed by atoms with Crippen molar-refractivity contribution >= 4 is 23.4 Å². The molecular formula is C22H14ClF4N3S. The molecular weight excluding hydrogens is 450 g/mol. The van der Waals surface area contributed by atoms with Crippen LogP contribution in [0.25, 0.3) is 17.1 Å². The van der Waals surface area contributed by atoms with Crippen molar-refractivity contribution in [2.75, 3.05) is 0 Å². The van der Waals surface area contributed by atoms with Gasteiger partial charge in [-0.1, -0.05) is 65.8 Å². The Morgan fingerprint density at radius 3 is 2.39 bits per heavy atom. The summed E-state index contributed by atoms with van der Waals surface area (Å²) in [7, 11) is 0. The average Bonchev–Trinajstić information content (AvgIpc) is 3.16. The summed E-state index contributed by atoms with van der Waals surface area (Å²) in [4.78, 5) is 0. The van der Waals surface area contributed by atoms with E-state index in [1.54, 1.807) is 48.5 Å². The number of alkyl halides is 3. The average molecular weight is 464 g/mol. The number of hydrogen-bond donors (Lipinski definition) is 0. The highest BCUT2D eigenvalue weighted by molar-refractivity contribution is 7.98. The fraction of sp³-hybridized carbons (Fsp3) is 0.0909. The number of halogens is 5. The lowest BCUT2D eigenvalue weighted by Gasteiger charge is -2.12. The molecule has 158 valence electrons. The highest BCUT2D eigenvalue weighted by Gasteiger charge is 2.30. The first-order valence-corrected chi connectivity index (χ1v) is 10.4. The normalized spacial score (nSPS) is 11.6. The van der Waals surface area contributed by atoms with E-state index in [4.69, 9.17) is 11.6 Å². The Kier molecular flexibility index (Phi) is 6.02. The molecule has 4 rings (SSSR count). The number of benzene rings is 3. The van der Waals surface area contributed by atoms with Crippen LogP contribution < -0.4 is 0 Å². The minimum Gasteiger partial charge on any atom is -0.267 e. The second-order valence-electron chi connectivity index (χ2n) is 6.56. The Hall–Kier alpha value is -2.84. The Bertz CT molecular complexity index is 1220. The molecule has 0 bridgehead atoms. The largest absolute Gasteiger partial charge is 0.416 e. The molecule has 3 nitrogen and oxygen atoms in total. The summed E-state index contributed by atoms with van der Waals surface area (Å²) in [6.45, 7) is 0. The first-order chi connectivity index (χ1) is 14.8. The van der Waals surface area contributed by atoms with Crippen molar-refractivity contribution in [2.45, 2.75) is 17.1 Å². The van der Waals surface area contributed by atoms with Gasteiger partial charge in [-0.05, 0) is 35.9 Å². The smallest absolute Gasteiger partial charge is 0.267 e. The third kappa shape index (κ3) is 4.60. The van der Waals surface area contributed by atoms with Gasteiger partial charge >= 0.3 is 6.18 Å². The molecule has 0 radical (unpaired) electrons. The Balaban J connectivity index is 1.74. The van der Waals surface area contributed by atoms with E-state index in [1.165, 1.54) is 16.7 Å². The van der Waals surface area contributed by atoms with Crippen molar-refractivity contribution in [3.05, 3.63) is 94.8 Å². The number of aromatic nitrogens is 3. The zero-order valence-electron chi connectivity index (χ0n) is 15.8. The molecule has 3 aromatic carbocycles. The van der Waals surface area contributed by atoms with Crippen molar-refractivity contribution in [2.24, 2.45) is 0 Å². The number of para-hydroxylation sites is 1. The number of thioether (sulfide) groups is 1. The summed E-state index contributed by atoms with van der Waals surface area (Å²) in [5, 5.41) is 9.11. The molecule has 0 aliphatic heterocycles. The van der Waals surface area contributed by atoms with E-state index in [-0.39, 0.29) is 11.4 Å². The number of hydrogen-bond acceptors (Lipinski definition) is 3. The Morgan fingerprint density at radius 1 is 0.903 bits per heavy atom. The molecule has 9 heteroatoms. The van der Waals surface area contributed by atoms with E-state index in [9.17, 15) is 17.6 Å². The van der Waals surface area contributed by atoms with Gasteiger partial charge in [-0.25, -0.2) is 4.39 Å². The summed E-state index contributed by atoms with van der Waals surface area (Å²) in [5.74, 6) is 0.0396. The standard InChI is InChI=1S/C22H14ClF4N3S/c23-17-9-2-1-8-16(17)20-28-29-21(30(20)19-11-4-3-10-18(19)24)31-13-14-6-5-7-15(12-14)22(25,26)27/h1-12H,13H2. The fourth-order valence-corrected chi connectivity index (χ4v) is 4.12. The van der Waals surface area contributed by atoms with Crippen LogP contribution in [0.5, 0.6) is 0 Å². The van der Waals surface area contributed by atoms with Gasteiger partial charge < -0.3 is 0 Å². The summed E-state index contributed by atoms with van der Waals surface area (Å²) >= 11 is 7.47. The number of rotatable bonds is 5. The van der Waals surface area contributed by atoms with Crippen molar-refractivity contribution in [1.82, 2.24) is 14.8 Å². The molecule has 31 heavy (non-hydrogen) atoms. The third-order valence-electron chi connectivity index (χ3n) is 4.46. The molecule has 0 saturated carbocycles. The van der Waals surface area contributed by atoms with Crippen molar-refractivity contribution in [3.8, 4) is 17.1 Å². The van der Waals surface area contributed by atoms with Gasteiger partial charge in [-0.15, -0.1) is 10.2 Å². The van der Waals surface area contributed by atoms with E-state index in [0.29, 0.717) is 27.1 Å². The molecule has 0 aliphatic rings. The van der Waals surface area contributed by atoms with Crippen LogP contribution in [0.3, 0.4) is 0 Å². The zero-order chi connectivity index (χ0) is 22.0. The lowest BCUT2D eigenvalue weighted by molar-refractivity contribution is -0.137. The van der Waals surface area contributed by atoms with Crippen LogP contribution in [0.15, 0.2) is 78.0 Å². The van der Waals surface area contributed by atoms with Gasteiger partial charge in [-0.3, -0.25) is 4.57 Å². The molecule has 4 aromatic rings. The van der Waals surface area contributed by atoms with Gasteiger partial charge in [0.2, 0.25) is 0 Å². The fourth-order valence-electron chi connectivity index (χ4n) is 3.02. The summed E-state index contributed by atoms with van der Waals surface area (Å²) in [6, 6.07) is 18.2. The van der Waals surface area contributed by atoms with Crippen molar-refractivity contribution < 1.29 is 17.6 Å². The van der Waals surface area contributed by atoms with Crippen LogP contribution in [0.4, 0.5) is 17.6 Å². The van der Waals surface area contributed by atoms with Crippen LogP contribution in [-0.2, 0) is 11.9 Å². The maximum absolute atomic E-state index is 14.6. The molecule has 1 heterocycles. The van der Waals surface area contributed by atoms with E-state index in [2.05, 4.69) is 10.2 Å². The van der Waals surface area contributed by atoms with Crippen molar-refractivity contribution in [1.29, 1.82) is 0 Å². The van der Waals surface area contributed by atoms with Crippen LogP contribution in [0.2, 0.25) is 5.02 Å². The summed E-state index contributed by atoms with van der Waals surface area (Å²) < 4.78 is 55.2. The monoisotopic (exact) mass is 463 g/mol. The predicted molar refractivity (Wildman–Crippen MR) is 113 cm³/mol. The molecule has 0 atom stereocenters. The quantitative estimate of drug-likeness (QED) is 0.235. The van der Waals surface area contributed by atoms with Crippen LogP contribution in [-0.4, -0.2) is 14.8 Å². The van der Waals surface area contributed by atoms with Gasteiger partial charge in [0.25, 0.3) is 0 Å². The minimum absolute atomic E-state index is 0.193. The first kappa shape index (κ1) is 21.4. The maximum Gasteiger partial charge on any atom is 0.416 e. The second kappa shape index (κ2) is 8.72. The maximum atomic E-state index is 14.6. The summed E-state index contributed by atoms with van der Waals surface area (Å²) in [5.41, 5.74) is 0.514. The molecule has 0 spiro atoms. The molecule has 0 saturated heterocycles. The molecule has 1 aromatic heterocycles. The lowest BCUT2D eigenvalue weighted by Crippen LogP contribution is -2.05. The molecule has 0 N–H and O–H groups in total. The van der Waals surface area contributed by atoms with Gasteiger partial charge in [0, 0.05) is 11.3 Å². The zero-order valence-corrected chi connectivity index (χ0v) is 17.3. The van der Waals surface area contributed by atoms with Crippen LogP contribution >= 0.6 is 23.4 Å². The SMILES string of the molecule is Fc1ccccc1-n1c(SCc2cccc(C(F)(F)F)c2)nnc1-c1ccccc1Cl. The Labute approximate surface area is 184 Å². The summed E-state index contributed by atoms with van der Waals surface area (Å²) in [6.07, 6.45) is -4.43. The number of nitrogens with zero attached hydrogens (tertiary/aromatic N) is 3.